The second-order valence-corrected chi connectivity index (χ2v) is 4.00. The van der Waals surface area contributed by atoms with Crippen molar-refractivity contribution in [3.63, 3.8) is 0 Å². The number of nitrogens with one attached hydrogen (secondary N) is 1. The van der Waals surface area contributed by atoms with Gasteiger partial charge < -0.3 is 9.84 Å². The normalized spacial score (nSPS) is 19.7. The number of hydrogen-bond acceptors (Lipinski definition) is 5. The second-order valence-electron chi connectivity index (χ2n) is 4.00. The fraction of sp³-hybridized carbons (Fsp3) is 0.364. The third-order valence-corrected chi connectivity index (χ3v) is 2.76. The molecule has 0 spiro atoms. The van der Waals surface area contributed by atoms with Gasteiger partial charge in [-0.25, -0.2) is 4.39 Å². The second kappa shape index (κ2) is 4.21. The van der Waals surface area contributed by atoms with Gasteiger partial charge in [0.2, 0.25) is 11.7 Å². The average molecular weight is 234 g/mol. The molecule has 1 N–H and O–H groups in total. The number of nitrogens with zero attached hydrogens (tertiary/aromatic N) is 3. The van der Waals surface area contributed by atoms with Crippen LogP contribution in [-0.4, -0.2) is 21.7 Å². The summed E-state index contributed by atoms with van der Waals surface area (Å²) in [6.07, 6.45) is 4.75. The predicted octanol–water partition coefficient (Wildman–Crippen LogP) is 1.70. The predicted molar refractivity (Wildman–Crippen MR) is 57.5 cm³/mol. The van der Waals surface area contributed by atoms with E-state index >= 15 is 0 Å². The standard InChI is InChI=1S/C11H11FN4O/c12-8-4-7(5-13-6-8)10-15-11(17-16-10)9-2-1-3-14-9/h4-6,9,14H,1-3H2/t9-/m0/s1. The topological polar surface area (TPSA) is 63.8 Å². The summed E-state index contributed by atoms with van der Waals surface area (Å²) in [5.74, 6) is 0.523. The van der Waals surface area contributed by atoms with Crippen LogP contribution in [0, 0.1) is 5.82 Å². The highest BCUT2D eigenvalue weighted by atomic mass is 19.1. The first kappa shape index (κ1) is 10.3. The molecule has 1 aliphatic rings. The van der Waals surface area contributed by atoms with E-state index < -0.39 is 5.82 Å². The molecule has 3 heterocycles. The molecule has 1 aliphatic heterocycles. The van der Waals surface area contributed by atoms with Gasteiger partial charge in [0.1, 0.15) is 5.82 Å². The molecule has 3 rings (SSSR count). The van der Waals surface area contributed by atoms with Crippen molar-refractivity contribution in [3.8, 4) is 11.4 Å². The molecule has 6 heteroatoms. The lowest BCUT2D eigenvalue weighted by atomic mass is 10.2. The Bertz CT molecular complexity index is 522. The van der Waals surface area contributed by atoms with Crippen LogP contribution in [0.2, 0.25) is 0 Å². The number of rotatable bonds is 2. The zero-order valence-corrected chi connectivity index (χ0v) is 9.06. The van der Waals surface area contributed by atoms with Crippen LogP contribution in [0.15, 0.2) is 23.0 Å². The Morgan fingerprint density at radius 2 is 2.35 bits per heavy atom. The van der Waals surface area contributed by atoms with Crippen LogP contribution in [0.3, 0.4) is 0 Å². The van der Waals surface area contributed by atoms with Crippen molar-refractivity contribution in [2.24, 2.45) is 0 Å². The fourth-order valence-corrected chi connectivity index (χ4v) is 1.92. The minimum Gasteiger partial charge on any atom is -0.337 e. The van der Waals surface area contributed by atoms with Crippen molar-refractivity contribution in [2.75, 3.05) is 6.54 Å². The highest BCUT2D eigenvalue weighted by molar-refractivity contribution is 5.52. The van der Waals surface area contributed by atoms with Crippen molar-refractivity contribution in [1.29, 1.82) is 0 Å². The highest BCUT2D eigenvalue weighted by Gasteiger charge is 2.22. The fourth-order valence-electron chi connectivity index (χ4n) is 1.92. The van der Waals surface area contributed by atoms with Crippen LogP contribution in [0.1, 0.15) is 24.8 Å². The van der Waals surface area contributed by atoms with Gasteiger partial charge in [0, 0.05) is 11.8 Å². The van der Waals surface area contributed by atoms with E-state index in [9.17, 15) is 4.39 Å². The smallest absolute Gasteiger partial charge is 0.244 e. The highest BCUT2D eigenvalue weighted by Crippen LogP contribution is 2.24. The van der Waals surface area contributed by atoms with Crippen molar-refractivity contribution in [3.05, 3.63) is 30.2 Å². The Labute approximate surface area is 97.1 Å². The molecular weight excluding hydrogens is 223 g/mol. The Morgan fingerprint density at radius 1 is 1.41 bits per heavy atom. The lowest BCUT2D eigenvalue weighted by molar-refractivity contribution is 0.345. The zero-order valence-electron chi connectivity index (χ0n) is 9.06. The van der Waals surface area contributed by atoms with E-state index in [0.29, 0.717) is 17.3 Å². The van der Waals surface area contributed by atoms with E-state index in [1.54, 1.807) is 0 Å². The first-order chi connectivity index (χ1) is 8.33. The molecule has 5 nitrogen and oxygen atoms in total. The lowest BCUT2D eigenvalue weighted by Crippen LogP contribution is -2.12. The minimum absolute atomic E-state index is 0.123. The minimum atomic E-state index is -0.409. The van der Waals surface area contributed by atoms with Gasteiger partial charge in [0.15, 0.2) is 0 Å². The van der Waals surface area contributed by atoms with Gasteiger partial charge in [0.05, 0.1) is 12.2 Å². The van der Waals surface area contributed by atoms with Gasteiger partial charge in [0.25, 0.3) is 0 Å². The van der Waals surface area contributed by atoms with E-state index in [1.807, 2.05) is 0 Å². The maximum absolute atomic E-state index is 13.0. The molecule has 0 bridgehead atoms. The molecule has 0 radical (unpaired) electrons. The Hall–Kier alpha value is -1.82. The first-order valence-corrected chi connectivity index (χ1v) is 5.51. The summed E-state index contributed by atoms with van der Waals surface area (Å²) in [5, 5.41) is 7.10. The summed E-state index contributed by atoms with van der Waals surface area (Å²) in [4.78, 5) is 8.01. The molecule has 2 aromatic rings. The molecule has 0 unspecified atom stereocenters. The quantitative estimate of drug-likeness (QED) is 0.856. The molecule has 1 fully saturated rings. The SMILES string of the molecule is Fc1cncc(-c2noc([C@@H]3CCCN3)n2)c1. The first-order valence-electron chi connectivity index (χ1n) is 5.51. The van der Waals surface area contributed by atoms with Crippen LogP contribution < -0.4 is 5.32 Å². The Morgan fingerprint density at radius 3 is 3.12 bits per heavy atom. The summed E-state index contributed by atoms with van der Waals surface area (Å²) in [7, 11) is 0. The molecule has 2 aromatic heterocycles. The number of pyridine rings is 1. The van der Waals surface area contributed by atoms with Gasteiger partial charge in [-0.2, -0.15) is 4.98 Å². The van der Waals surface area contributed by atoms with Crippen LogP contribution in [0.4, 0.5) is 4.39 Å². The van der Waals surface area contributed by atoms with Crippen molar-refractivity contribution in [2.45, 2.75) is 18.9 Å². The Kier molecular flexibility index (Phi) is 2.56. The van der Waals surface area contributed by atoms with Crippen LogP contribution in [0.5, 0.6) is 0 Å². The zero-order chi connectivity index (χ0) is 11.7. The van der Waals surface area contributed by atoms with Gasteiger partial charge in [-0.15, -0.1) is 0 Å². The van der Waals surface area contributed by atoms with Crippen molar-refractivity contribution in [1.82, 2.24) is 20.4 Å². The maximum atomic E-state index is 13.0. The summed E-state index contributed by atoms with van der Waals surface area (Å²) in [6, 6.07) is 1.46. The van der Waals surface area contributed by atoms with E-state index in [0.717, 1.165) is 25.6 Å². The molecule has 0 aliphatic carbocycles. The van der Waals surface area contributed by atoms with Crippen LogP contribution in [-0.2, 0) is 0 Å². The van der Waals surface area contributed by atoms with E-state index in [1.165, 1.54) is 12.3 Å². The van der Waals surface area contributed by atoms with Gasteiger partial charge in [-0.05, 0) is 25.5 Å². The summed E-state index contributed by atoms with van der Waals surface area (Å²) in [6.45, 7) is 0.962. The molecule has 0 saturated carbocycles. The molecule has 1 atom stereocenters. The molecular formula is C11H11FN4O. The molecule has 0 aromatic carbocycles. The van der Waals surface area contributed by atoms with E-state index in [-0.39, 0.29) is 6.04 Å². The number of halogens is 1. The monoisotopic (exact) mass is 234 g/mol. The van der Waals surface area contributed by atoms with Crippen LogP contribution in [0.25, 0.3) is 11.4 Å². The number of hydrogen-bond donors (Lipinski definition) is 1. The summed E-state index contributed by atoms with van der Waals surface area (Å²) < 4.78 is 18.2. The molecule has 88 valence electrons. The average Bonchev–Trinajstić information content (AvgIpc) is 3.00. The Balaban J connectivity index is 1.89. The summed E-state index contributed by atoms with van der Waals surface area (Å²) >= 11 is 0. The van der Waals surface area contributed by atoms with Crippen molar-refractivity contribution >= 4 is 0 Å². The largest absolute Gasteiger partial charge is 0.337 e. The third kappa shape index (κ3) is 2.03. The van der Waals surface area contributed by atoms with Gasteiger partial charge in [-0.1, -0.05) is 5.16 Å². The summed E-state index contributed by atoms with van der Waals surface area (Å²) in [5.41, 5.74) is 0.526. The lowest BCUT2D eigenvalue weighted by Gasteiger charge is -2.01. The van der Waals surface area contributed by atoms with Gasteiger partial charge >= 0.3 is 0 Å². The third-order valence-electron chi connectivity index (χ3n) is 2.76. The maximum Gasteiger partial charge on any atom is 0.244 e. The van der Waals surface area contributed by atoms with E-state index in [2.05, 4.69) is 20.4 Å². The van der Waals surface area contributed by atoms with Crippen molar-refractivity contribution < 1.29 is 8.91 Å². The molecule has 0 amide bonds. The molecule has 1 saturated heterocycles. The number of aromatic nitrogens is 3. The van der Waals surface area contributed by atoms with Crippen LogP contribution >= 0.6 is 0 Å². The van der Waals surface area contributed by atoms with Gasteiger partial charge in [-0.3, -0.25) is 4.98 Å². The molecule has 17 heavy (non-hydrogen) atoms. The van der Waals surface area contributed by atoms with E-state index in [4.69, 9.17) is 4.52 Å².